The molecule has 2 aliphatic rings. The minimum atomic E-state index is -3.45. The molecule has 7 heteroatoms. The SMILES string of the molecule is Nc1cc(S(=O)(=O)N2CCC3(COC3)C2)ccn1. The van der Waals surface area contributed by atoms with Gasteiger partial charge in [-0.3, -0.25) is 0 Å². The molecule has 0 aliphatic carbocycles. The monoisotopic (exact) mass is 269 g/mol. The van der Waals surface area contributed by atoms with Crippen LogP contribution in [0.5, 0.6) is 0 Å². The Hall–Kier alpha value is -1.18. The van der Waals surface area contributed by atoms with Gasteiger partial charge in [-0.15, -0.1) is 0 Å². The summed E-state index contributed by atoms with van der Waals surface area (Å²) in [6.45, 7) is 2.42. The van der Waals surface area contributed by atoms with E-state index in [0.29, 0.717) is 26.3 Å². The van der Waals surface area contributed by atoms with Gasteiger partial charge in [0.2, 0.25) is 10.0 Å². The first-order valence-corrected chi connectivity index (χ1v) is 7.25. The normalized spacial score (nSPS) is 23.1. The smallest absolute Gasteiger partial charge is 0.243 e. The summed E-state index contributed by atoms with van der Waals surface area (Å²) < 4.78 is 31.5. The summed E-state index contributed by atoms with van der Waals surface area (Å²) in [5.74, 6) is 0.219. The molecule has 98 valence electrons. The number of ether oxygens (including phenoxy) is 1. The van der Waals surface area contributed by atoms with E-state index in [0.717, 1.165) is 6.42 Å². The van der Waals surface area contributed by atoms with Gasteiger partial charge >= 0.3 is 0 Å². The summed E-state index contributed by atoms with van der Waals surface area (Å²) in [6.07, 6.45) is 2.29. The molecular formula is C11H15N3O3S. The number of hydrogen-bond donors (Lipinski definition) is 1. The maximum atomic E-state index is 12.4. The summed E-state index contributed by atoms with van der Waals surface area (Å²) in [4.78, 5) is 4.03. The van der Waals surface area contributed by atoms with E-state index in [9.17, 15) is 8.42 Å². The second-order valence-corrected chi connectivity index (χ2v) is 6.94. The minimum Gasteiger partial charge on any atom is -0.384 e. The van der Waals surface area contributed by atoms with E-state index < -0.39 is 10.0 Å². The van der Waals surface area contributed by atoms with Crippen molar-refractivity contribution in [3.8, 4) is 0 Å². The Morgan fingerprint density at radius 1 is 1.44 bits per heavy atom. The van der Waals surface area contributed by atoms with Crippen LogP contribution in [0.4, 0.5) is 5.82 Å². The van der Waals surface area contributed by atoms with Crippen LogP contribution in [-0.4, -0.2) is 44.0 Å². The molecule has 0 saturated carbocycles. The number of sulfonamides is 1. The van der Waals surface area contributed by atoms with Gasteiger partial charge in [0.25, 0.3) is 0 Å². The highest BCUT2D eigenvalue weighted by Gasteiger charge is 2.47. The van der Waals surface area contributed by atoms with Gasteiger partial charge in [-0.2, -0.15) is 4.31 Å². The Kier molecular flexibility index (Phi) is 2.58. The van der Waals surface area contributed by atoms with Crippen molar-refractivity contribution in [2.45, 2.75) is 11.3 Å². The number of anilines is 1. The Balaban J connectivity index is 1.87. The zero-order valence-corrected chi connectivity index (χ0v) is 10.7. The molecule has 1 aromatic heterocycles. The lowest BCUT2D eigenvalue weighted by Crippen LogP contribution is -2.45. The average molecular weight is 269 g/mol. The van der Waals surface area contributed by atoms with Crippen LogP contribution >= 0.6 is 0 Å². The lowest BCUT2D eigenvalue weighted by molar-refractivity contribution is -0.102. The number of aromatic nitrogens is 1. The zero-order valence-electron chi connectivity index (χ0n) is 9.87. The second-order valence-electron chi connectivity index (χ2n) is 5.00. The molecule has 0 bridgehead atoms. The first kappa shape index (κ1) is 11.9. The van der Waals surface area contributed by atoms with Crippen molar-refractivity contribution in [3.63, 3.8) is 0 Å². The fraction of sp³-hybridized carbons (Fsp3) is 0.545. The predicted octanol–water partition coefficient (Wildman–Crippen LogP) is 0.0748. The molecule has 3 heterocycles. The summed E-state index contributed by atoms with van der Waals surface area (Å²) >= 11 is 0. The van der Waals surface area contributed by atoms with Crippen LogP contribution in [0.1, 0.15) is 6.42 Å². The first-order chi connectivity index (χ1) is 8.52. The third-order valence-corrected chi connectivity index (χ3v) is 5.45. The minimum absolute atomic E-state index is 0.0473. The van der Waals surface area contributed by atoms with E-state index in [-0.39, 0.29) is 16.1 Å². The highest BCUT2D eigenvalue weighted by Crippen LogP contribution is 2.39. The van der Waals surface area contributed by atoms with Crippen molar-refractivity contribution >= 4 is 15.8 Å². The molecule has 1 spiro atoms. The average Bonchev–Trinajstić information content (AvgIpc) is 2.74. The number of nitrogen functional groups attached to an aromatic ring is 1. The number of hydrogen-bond acceptors (Lipinski definition) is 5. The maximum Gasteiger partial charge on any atom is 0.243 e. The van der Waals surface area contributed by atoms with Crippen LogP contribution < -0.4 is 5.73 Å². The number of pyridine rings is 1. The van der Waals surface area contributed by atoms with E-state index in [1.54, 1.807) is 0 Å². The van der Waals surface area contributed by atoms with Gasteiger partial charge in [-0.05, 0) is 12.5 Å². The fourth-order valence-electron chi connectivity index (χ4n) is 2.46. The molecule has 6 nitrogen and oxygen atoms in total. The Bertz CT molecular complexity index is 569. The molecule has 3 rings (SSSR count). The van der Waals surface area contributed by atoms with Gasteiger partial charge in [0.15, 0.2) is 0 Å². The van der Waals surface area contributed by atoms with E-state index in [4.69, 9.17) is 10.5 Å². The highest BCUT2D eigenvalue weighted by molar-refractivity contribution is 7.89. The second kappa shape index (κ2) is 3.91. The van der Waals surface area contributed by atoms with Crippen LogP contribution in [0, 0.1) is 5.41 Å². The predicted molar refractivity (Wildman–Crippen MR) is 65.3 cm³/mol. The molecule has 0 atom stereocenters. The van der Waals surface area contributed by atoms with Gasteiger partial charge in [0.05, 0.1) is 18.1 Å². The maximum absolute atomic E-state index is 12.4. The molecule has 0 amide bonds. The summed E-state index contributed by atoms with van der Waals surface area (Å²) in [7, 11) is -3.45. The summed E-state index contributed by atoms with van der Waals surface area (Å²) in [6, 6.07) is 2.88. The largest absolute Gasteiger partial charge is 0.384 e. The number of nitrogens with two attached hydrogens (primary N) is 1. The first-order valence-electron chi connectivity index (χ1n) is 5.81. The van der Waals surface area contributed by atoms with Crippen LogP contribution in [-0.2, 0) is 14.8 Å². The molecular weight excluding hydrogens is 254 g/mol. The molecule has 1 aromatic rings. The van der Waals surface area contributed by atoms with Gasteiger partial charge in [-0.1, -0.05) is 0 Å². The molecule has 2 fully saturated rings. The van der Waals surface area contributed by atoms with Crippen LogP contribution in [0.2, 0.25) is 0 Å². The van der Waals surface area contributed by atoms with Crippen molar-refractivity contribution in [1.82, 2.24) is 9.29 Å². The van der Waals surface area contributed by atoms with E-state index in [2.05, 4.69) is 4.98 Å². The fourth-order valence-corrected chi connectivity index (χ4v) is 4.04. The lowest BCUT2D eigenvalue weighted by Gasteiger charge is -2.37. The van der Waals surface area contributed by atoms with Crippen molar-refractivity contribution in [2.75, 3.05) is 32.0 Å². The third kappa shape index (κ3) is 1.79. The molecule has 18 heavy (non-hydrogen) atoms. The summed E-state index contributed by atoms with van der Waals surface area (Å²) in [5.41, 5.74) is 5.58. The van der Waals surface area contributed by atoms with Gasteiger partial charge in [0, 0.05) is 30.8 Å². The molecule has 2 saturated heterocycles. The number of nitrogens with zero attached hydrogens (tertiary/aromatic N) is 2. The summed E-state index contributed by atoms with van der Waals surface area (Å²) in [5, 5.41) is 0. The molecule has 2 N–H and O–H groups in total. The Morgan fingerprint density at radius 2 is 2.22 bits per heavy atom. The van der Waals surface area contributed by atoms with Crippen LogP contribution in [0.25, 0.3) is 0 Å². The lowest BCUT2D eigenvalue weighted by atomic mass is 9.86. The Labute approximate surface area is 106 Å². The Morgan fingerprint density at radius 3 is 2.78 bits per heavy atom. The molecule has 2 aliphatic heterocycles. The van der Waals surface area contributed by atoms with Crippen LogP contribution in [0.3, 0.4) is 0 Å². The zero-order chi connectivity index (χ0) is 12.8. The van der Waals surface area contributed by atoms with Gasteiger partial charge in [0.1, 0.15) is 5.82 Å². The van der Waals surface area contributed by atoms with Crippen molar-refractivity contribution in [3.05, 3.63) is 18.3 Å². The van der Waals surface area contributed by atoms with E-state index >= 15 is 0 Å². The highest BCUT2D eigenvalue weighted by atomic mass is 32.2. The molecule has 0 unspecified atom stereocenters. The molecule has 0 aromatic carbocycles. The van der Waals surface area contributed by atoms with E-state index in [1.165, 1.54) is 22.6 Å². The quantitative estimate of drug-likeness (QED) is 0.821. The van der Waals surface area contributed by atoms with E-state index in [1.807, 2.05) is 0 Å². The van der Waals surface area contributed by atoms with Gasteiger partial charge in [-0.25, -0.2) is 13.4 Å². The van der Waals surface area contributed by atoms with Gasteiger partial charge < -0.3 is 10.5 Å². The topological polar surface area (TPSA) is 85.5 Å². The van der Waals surface area contributed by atoms with Crippen molar-refractivity contribution in [1.29, 1.82) is 0 Å². The van der Waals surface area contributed by atoms with Crippen molar-refractivity contribution in [2.24, 2.45) is 5.41 Å². The standard InChI is InChI=1S/C11H15N3O3S/c12-10-5-9(1-3-13-10)18(15,16)14-4-2-11(6-14)7-17-8-11/h1,3,5H,2,4,6-8H2,(H2,12,13). The van der Waals surface area contributed by atoms with Crippen molar-refractivity contribution < 1.29 is 13.2 Å². The molecule has 0 radical (unpaired) electrons. The number of rotatable bonds is 2. The van der Waals surface area contributed by atoms with Crippen LogP contribution in [0.15, 0.2) is 23.2 Å². The third-order valence-electron chi connectivity index (χ3n) is 3.61.